The van der Waals surface area contributed by atoms with Crippen molar-refractivity contribution in [3.8, 4) is 0 Å². The van der Waals surface area contributed by atoms with Crippen LogP contribution in [0.15, 0.2) is 16.8 Å². The zero-order valence-corrected chi connectivity index (χ0v) is 11.4. The summed E-state index contributed by atoms with van der Waals surface area (Å²) >= 11 is 1.67. The van der Waals surface area contributed by atoms with Crippen molar-refractivity contribution in [2.45, 2.75) is 45.3 Å². The molecule has 0 N–H and O–H groups in total. The Kier molecular flexibility index (Phi) is 3.43. The van der Waals surface area contributed by atoms with E-state index in [2.05, 4.69) is 16.8 Å². The number of hydrogen-bond acceptors (Lipinski definition) is 3. The molecule has 1 aromatic heterocycles. The molecule has 1 saturated heterocycles. The summed E-state index contributed by atoms with van der Waals surface area (Å²) in [7, 11) is 0. The van der Waals surface area contributed by atoms with Gasteiger partial charge in [-0.05, 0) is 56.0 Å². The van der Waals surface area contributed by atoms with Crippen LogP contribution in [-0.4, -0.2) is 23.1 Å². The van der Waals surface area contributed by atoms with Crippen molar-refractivity contribution in [1.29, 1.82) is 0 Å². The standard InChI is InChI=1S/C13H19NO2S/c1-13(2,3)16-12(15)14-7-4-5-11(14)10-6-8-17-9-10/h6,8-9,11H,4-5,7H2,1-3H3/t11-/m0/s1. The fraction of sp³-hybridized carbons (Fsp3) is 0.615. The van der Waals surface area contributed by atoms with Gasteiger partial charge in [0, 0.05) is 6.54 Å². The predicted octanol–water partition coefficient (Wildman–Crippen LogP) is 3.82. The maximum atomic E-state index is 12.1. The van der Waals surface area contributed by atoms with Crippen molar-refractivity contribution in [3.63, 3.8) is 0 Å². The molecular weight excluding hydrogens is 234 g/mol. The highest BCUT2D eigenvalue weighted by molar-refractivity contribution is 7.07. The maximum Gasteiger partial charge on any atom is 0.410 e. The Morgan fingerprint density at radius 2 is 2.29 bits per heavy atom. The summed E-state index contributed by atoms with van der Waals surface area (Å²) in [6.07, 6.45) is 1.90. The van der Waals surface area contributed by atoms with Crippen LogP contribution in [0.1, 0.15) is 45.2 Å². The fourth-order valence-corrected chi connectivity index (χ4v) is 2.82. The Balaban J connectivity index is 2.07. The van der Waals surface area contributed by atoms with Crippen molar-refractivity contribution in [2.24, 2.45) is 0 Å². The highest BCUT2D eigenvalue weighted by Gasteiger charge is 2.33. The molecule has 1 aliphatic rings. The number of ether oxygens (including phenoxy) is 1. The van der Waals surface area contributed by atoms with Crippen molar-refractivity contribution < 1.29 is 9.53 Å². The van der Waals surface area contributed by atoms with E-state index in [1.54, 1.807) is 11.3 Å². The first-order valence-corrected chi connectivity index (χ1v) is 6.93. The van der Waals surface area contributed by atoms with Crippen LogP contribution >= 0.6 is 11.3 Å². The van der Waals surface area contributed by atoms with Crippen LogP contribution in [0.3, 0.4) is 0 Å². The monoisotopic (exact) mass is 253 g/mol. The average molecular weight is 253 g/mol. The van der Waals surface area contributed by atoms with Crippen molar-refractivity contribution in [1.82, 2.24) is 4.90 Å². The Morgan fingerprint density at radius 3 is 2.88 bits per heavy atom. The second-order valence-corrected chi connectivity index (χ2v) is 6.17. The third kappa shape index (κ3) is 3.00. The van der Waals surface area contributed by atoms with E-state index in [9.17, 15) is 4.79 Å². The number of thiophene rings is 1. The number of amides is 1. The Morgan fingerprint density at radius 1 is 1.53 bits per heavy atom. The summed E-state index contributed by atoms with van der Waals surface area (Å²) in [5.74, 6) is 0. The average Bonchev–Trinajstić information content (AvgIpc) is 2.85. The molecule has 1 atom stereocenters. The number of carbonyl (C=O) groups is 1. The van der Waals surface area contributed by atoms with Gasteiger partial charge in [0.05, 0.1) is 6.04 Å². The molecule has 0 aliphatic carbocycles. The van der Waals surface area contributed by atoms with Gasteiger partial charge in [-0.1, -0.05) is 0 Å². The van der Waals surface area contributed by atoms with E-state index in [1.807, 2.05) is 25.7 Å². The molecule has 0 saturated carbocycles. The lowest BCUT2D eigenvalue weighted by molar-refractivity contribution is 0.0225. The normalized spacial score (nSPS) is 20.6. The number of nitrogens with zero attached hydrogens (tertiary/aromatic N) is 1. The van der Waals surface area contributed by atoms with Gasteiger partial charge in [-0.15, -0.1) is 0 Å². The van der Waals surface area contributed by atoms with E-state index in [-0.39, 0.29) is 12.1 Å². The van der Waals surface area contributed by atoms with Crippen LogP contribution in [0.5, 0.6) is 0 Å². The molecule has 0 bridgehead atoms. The SMILES string of the molecule is CC(C)(C)OC(=O)N1CCC[C@H]1c1ccsc1. The van der Waals surface area contributed by atoms with Crippen LogP contribution in [0, 0.1) is 0 Å². The van der Waals surface area contributed by atoms with Gasteiger partial charge in [-0.25, -0.2) is 4.79 Å². The highest BCUT2D eigenvalue weighted by Crippen LogP contribution is 2.34. The summed E-state index contributed by atoms with van der Waals surface area (Å²) < 4.78 is 5.44. The zero-order valence-electron chi connectivity index (χ0n) is 10.6. The lowest BCUT2D eigenvalue weighted by Crippen LogP contribution is -2.36. The van der Waals surface area contributed by atoms with E-state index in [4.69, 9.17) is 4.74 Å². The molecule has 2 heterocycles. The van der Waals surface area contributed by atoms with Gasteiger partial charge in [-0.3, -0.25) is 0 Å². The molecule has 17 heavy (non-hydrogen) atoms. The van der Waals surface area contributed by atoms with Crippen LogP contribution in [0.25, 0.3) is 0 Å². The molecule has 3 nitrogen and oxygen atoms in total. The third-order valence-electron chi connectivity index (χ3n) is 2.81. The van der Waals surface area contributed by atoms with Gasteiger partial charge in [0.2, 0.25) is 0 Å². The summed E-state index contributed by atoms with van der Waals surface area (Å²) in [5, 5.41) is 4.17. The molecule has 94 valence electrons. The molecule has 0 aromatic carbocycles. The molecule has 0 unspecified atom stereocenters. The van der Waals surface area contributed by atoms with E-state index in [0.717, 1.165) is 19.4 Å². The largest absolute Gasteiger partial charge is 0.444 e. The molecule has 2 rings (SSSR count). The smallest absolute Gasteiger partial charge is 0.410 e. The van der Waals surface area contributed by atoms with Crippen molar-refractivity contribution >= 4 is 17.4 Å². The molecule has 1 amide bonds. The molecule has 0 radical (unpaired) electrons. The lowest BCUT2D eigenvalue weighted by Gasteiger charge is -2.28. The number of rotatable bonds is 1. The molecule has 1 fully saturated rings. The number of carbonyl (C=O) groups excluding carboxylic acids is 1. The first-order valence-electron chi connectivity index (χ1n) is 5.99. The Bertz CT molecular complexity index is 381. The summed E-state index contributed by atoms with van der Waals surface area (Å²) in [5.41, 5.74) is 0.817. The summed E-state index contributed by atoms with van der Waals surface area (Å²) in [4.78, 5) is 13.9. The predicted molar refractivity (Wildman–Crippen MR) is 69.2 cm³/mol. The molecule has 4 heteroatoms. The number of likely N-dealkylation sites (tertiary alicyclic amines) is 1. The first-order chi connectivity index (χ1) is 7.97. The van der Waals surface area contributed by atoms with E-state index in [1.165, 1.54) is 5.56 Å². The molecule has 1 aliphatic heterocycles. The zero-order chi connectivity index (χ0) is 12.5. The maximum absolute atomic E-state index is 12.1. The molecule has 0 spiro atoms. The van der Waals surface area contributed by atoms with E-state index >= 15 is 0 Å². The fourth-order valence-electron chi connectivity index (χ4n) is 2.12. The van der Waals surface area contributed by atoms with Crippen molar-refractivity contribution in [3.05, 3.63) is 22.4 Å². The minimum absolute atomic E-state index is 0.189. The van der Waals surface area contributed by atoms with Gasteiger partial charge in [0.1, 0.15) is 5.60 Å². The molecule has 1 aromatic rings. The van der Waals surface area contributed by atoms with Gasteiger partial charge in [0.25, 0.3) is 0 Å². The third-order valence-corrected chi connectivity index (χ3v) is 3.51. The van der Waals surface area contributed by atoms with E-state index < -0.39 is 5.60 Å². The van der Waals surface area contributed by atoms with Gasteiger partial charge in [-0.2, -0.15) is 11.3 Å². The Hall–Kier alpha value is -1.03. The van der Waals surface area contributed by atoms with Crippen LogP contribution in [0.2, 0.25) is 0 Å². The summed E-state index contributed by atoms with van der Waals surface area (Å²) in [6, 6.07) is 2.30. The minimum atomic E-state index is -0.418. The Labute approximate surface area is 106 Å². The van der Waals surface area contributed by atoms with Crippen LogP contribution in [-0.2, 0) is 4.74 Å². The van der Waals surface area contributed by atoms with Gasteiger partial charge >= 0.3 is 6.09 Å². The minimum Gasteiger partial charge on any atom is -0.444 e. The van der Waals surface area contributed by atoms with Gasteiger partial charge < -0.3 is 9.64 Å². The summed E-state index contributed by atoms with van der Waals surface area (Å²) in [6.45, 7) is 6.51. The molecular formula is C13H19NO2S. The quantitative estimate of drug-likeness (QED) is 0.761. The topological polar surface area (TPSA) is 29.5 Å². The van der Waals surface area contributed by atoms with Crippen molar-refractivity contribution in [2.75, 3.05) is 6.54 Å². The van der Waals surface area contributed by atoms with E-state index in [0.29, 0.717) is 0 Å². The van der Waals surface area contributed by atoms with Crippen LogP contribution < -0.4 is 0 Å². The van der Waals surface area contributed by atoms with Gasteiger partial charge in [0.15, 0.2) is 0 Å². The van der Waals surface area contributed by atoms with Crippen LogP contribution in [0.4, 0.5) is 4.79 Å². The first kappa shape index (κ1) is 12.4. The highest BCUT2D eigenvalue weighted by atomic mass is 32.1. The second-order valence-electron chi connectivity index (χ2n) is 5.39. The lowest BCUT2D eigenvalue weighted by atomic mass is 10.1. The second kappa shape index (κ2) is 4.69. The number of hydrogen-bond donors (Lipinski definition) is 0.